The zero-order valence-electron chi connectivity index (χ0n) is 8.07. The summed E-state index contributed by atoms with van der Waals surface area (Å²) in [5.74, 6) is 0. The highest BCUT2D eigenvalue weighted by atomic mass is 32.1. The maximum absolute atomic E-state index is 11.7. The van der Waals surface area contributed by atoms with Crippen LogP contribution in [0, 0.1) is 6.92 Å². The van der Waals surface area contributed by atoms with E-state index >= 15 is 0 Å². The maximum Gasteiger partial charge on any atom is 0.273 e. The fraction of sp³-hybridized carbons (Fsp3) is 0.0909. The van der Waals surface area contributed by atoms with Gasteiger partial charge in [0.1, 0.15) is 0 Å². The van der Waals surface area contributed by atoms with E-state index in [2.05, 4.69) is 10.2 Å². The van der Waals surface area contributed by atoms with Gasteiger partial charge in [0.15, 0.2) is 0 Å². The van der Waals surface area contributed by atoms with E-state index in [1.165, 1.54) is 0 Å². The first-order valence-corrected chi connectivity index (χ1v) is 5.45. The van der Waals surface area contributed by atoms with Gasteiger partial charge in [0.25, 0.3) is 5.56 Å². The monoisotopic (exact) mass is 216 g/mol. The third-order valence-electron chi connectivity index (χ3n) is 2.48. The van der Waals surface area contributed by atoms with Crippen LogP contribution in [0.5, 0.6) is 0 Å². The molecule has 15 heavy (non-hydrogen) atoms. The summed E-state index contributed by atoms with van der Waals surface area (Å²) < 4.78 is 2.12. The Morgan fingerprint density at radius 1 is 1.33 bits per heavy atom. The Bertz CT molecular complexity index is 711. The largest absolute Gasteiger partial charge is 0.273 e. The SMILES string of the molecule is Cc1n[nH]c(=O)c2c1sc1ccccc12. The molecule has 0 aliphatic heterocycles. The molecule has 3 nitrogen and oxygen atoms in total. The van der Waals surface area contributed by atoms with Gasteiger partial charge in [0.05, 0.1) is 15.8 Å². The molecular weight excluding hydrogens is 208 g/mol. The molecule has 0 amide bonds. The number of aromatic amines is 1. The van der Waals surface area contributed by atoms with Crippen LogP contribution in [-0.2, 0) is 0 Å². The summed E-state index contributed by atoms with van der Waals surface area (Å²) in [6, 6.07) is 7.93. The van der Waals surface area contributed by atoms with Crippen LogP contribution in [0.3, 0.4) is 0 Å². The third kappa shape index (κ3) is 1.11. The minimum absolute atomic E-state index is 0.104. The lowest BCUT2D eigenvalue weighted by atomic mass is 10.2. The van der Waals surface area contributed by atoms with E-state index in [0.29, 0.717) is 0 Å². The standard InChI is InChI=1S/C11H8N2OS/c1-6-10-9(11(14)13-12-6)7-4-2-3-5-8(7)15-10/h2-5H,1H3,(H,13,14). The van der Waals surface area contributed by atoms with Crippen molar-refractivity contribution in [3.05, 3.63) is 40.3 Å². The van der Waals surface area contributed by atoms with Gasteiger partial charge in [0, 0.05) is 10.1 Å². The van der Waals surface area contributed by atoms with E-state index < -0.39 is 0 Å². The van der Waals surface area contributed by atoms with Crippen molar-refractivity contribution < 1.29 is 0 Å². The van der Waals surface area contributed by atoms with Crippen molar-refractivity contribution in [2.24, 2.45) is 0 Å². The number of hydrogen-bond acceptors (Lipinski definition) is 3. The minimum Gasteiger partial charge on any atom is -0.267 e. The van der Waals surface area contributed by atoms with Gasteiger partial charge in [-0.15, -0.1) is 11.3 Å². The van der Waals surface area contributed by atoms with Crippen LogP contribution in [-0.4, -0.2) is 10.2 Å². The molecular formula is C11H8N2OS. The van der Waals surface area contributed by atoms with Gasteiger partial charge in [-0.2, -0.15) is 5.10 Å². The Labute approximate surface area is 89.4 Å². The highest BCUT2D eigenvalue weighted by molar-refractivity contribution is 7.26. The summed E-state index contributed by atoms with van der Waals surface area (Å²) in [5.41, 5.74) is 0.777. The van der Waals surface area contributed by atoms with Crippen LogP contribution in [0.25, 0.3) is 20.2 Å². The molecule has 74 valence electrons. The highest BCUT2D eigenvalue weighted by Crippen LogP contribution is 2.32. The van der Waals surface area contributed by atoms with E-state index in [1.807, 2.05) is 31.2 Å². The predicted octanol–water partition coefficient (Wildman–Crippen LogP) is 2.45. The summed E-state index contributed by atoms with van der Waals surface area (Å²) >= 11 is 1.62. The van der Waals surface area contributed by atoms with Gasteiger partial charge in [-0.1, -0.05) is 18.2 Å². The molecule has 0 aliphatic rings. The van der Waals surface area contributed by atoms with Crippen LogP contribution in [0.15, 0.2) is 29.1 Å². The van der Waals surface area contributed by atoms with Crippen molar-refractivity contribution in [1.29, 1.82) is 0 Å². The zero-order chi connectivity index (χ0) is 10.4. The number of aromatic nitrogens is 2. The van der Waals surface area contributed by atoms with Gasteiger partial charge < -0.3 is 0 Å². The van der Waals surface area contributed by atoms with E-state index in [-0.39, 0.29) is 5.56 Å². The summed E-state index contributed by atoms with van der Waals surface area (Å²) in [4.78, 5) is 11.7. The first-order chi connectivity index (χ1) is 7.27. The summed E-state index contributed by atoms with van der Waals surface area (Å²) in [7, 11) is 0. The molecule has 2 aromatic heterocycles. The average Bonchev–Trinajstić information content (AvgIpc) is 2.64. The summed E-state index contributed by atoms with van der Waals surface area (Å²) in [6.07, 6.45) is 0. The number of fused-ring (bicyclic) bond motifs is 3. The molecule has 0 saturated carbocycles. The second-order valence-electron chi connectivity index (χ2n) is 3.44. The number of thiophene rings is 1. The molecule has 0 bridgehead atoms. The highest BCUT2D eigenvalue weighted by Gasteiger charge is 2.10. The van der Waals surface area contributed by atoms with Gasteiger partial charge in [-0.3, -0.25) is 4.79 Å². The van der Waals surface area contributed by atoms with Gasteiger partial charge in [0.2, 0.25) is 0 Å². The molecule has 0 saturated heterocycles. The second-order valence-corrected chi connectivity index (χ2v) is 4.49. The second kappa shape index (κ2) is 2.90. The Morgan fingerprint density at radius 2 is 2.13 bits per heavy atom. The molecule has 4 heteroatoms. The molecule has 1 N–H and O–H groups in total. The Kier molecular flexibility index (Phi) is 1.67. The molecule has 2 heterocycles. The Balaban J connectivity index is 2.72. The number of nitrogens with one attached hydrogen (secondary N) is 1. The quantitative estimate of drug-likeness (QED) is 0.627. The van der Waals surface area contributed by atoms with Crippen LogP contribution < -0.4 is 5.56 Å². The van der Waals surface area contributed by atoms with Crippen molar-refractivity contribution in [3.8, 4) is 0 Å². The minimum atomic E-state index is -0.104. The zero-order valence-corrected chi connectivity index (χ0v) is 8.89. The number of rotatable bonds is 0. The predicted molar refractivity (Wildman–Crippen MR) is 62.5 cm³/mol. The molecule has 0 atom stereocenters. The average molecular weight is 216 g/mol. The maximum atomic E-state index is 11.7. The molecule has 3 rings (SSSR count). The normalized spacial score (nSPS) is 11.3. The van der Waals surface area contributed by atoms with Gasteiger partial charge in [-0.25, -0.2) is 5.10 Å². The Hall–Kier alpha value is -1.68. The van der Waals surface area contributed by atoms with Gasteiger partial charge >= 0.3 is 0 Å². The summed E-state index contributed by atoms with van der Waals surface area (Å²) in [5, 5.41) is 8.28. The lowest BCUT2D eigenvalue weighted by molar-refractivity contribution is 0.974. The van der Waals surface area contributed by atoms with Crippen LogP contribution in [0.1, 0.15) is 5.69 Å². The van der Waals surface area contributed by atoms with Crippen molar-refractivity contribution in [2.75, 3.05) is 0 Å². The molecule has 3 aromatic rings. The van der Waals surface area contributed by atoms with Crippen LogP contribution in [0.2, 0.25) is 0 Å². The van der Waals surface area contributed by atoms with E-state index in [9.17, 15) is 4.79 Å². The number of benzene rings is 1. The first kappa shape index (κ1) is 8.61. The van der Waals surface area contributed by atoms with Crippen LogP contribution >= 0.6 is 11.3 Å². The first-order valence-electron chi connectivity index (χ1n) is 4.64. The topological polar surface area (TPSA) is 45.8 Å². The molecule has 1 aromatic carbocycles. The summed E-state index contributed by atoms with van der Waals surface area (Å²) in [6.45, 7) is 1.91. The Morgan fingerprint density at radius 3 is 3.00 bits per heavy atom. The van der Waals surface area contributed by atoms with Crippen molar-refractivity contribution in [1.82, 2.24) is 10.2 Å². The van der Waals surface area contributed by atoms with Crippen molar-refractivity contribution in [3.63, 3.8) is 0 Å². The van der Waals surface area contributed by atoms with E-state index in [4.69, 9.17) is 0 Å². The van der Waals surface area contributed by atoms with Gasteiger partial charge in [-0.05, 0) is 13.0 Å². The number of hydrogen-bond donors (Lipinski definition) is 1. The molecule has 0 spiro atoms. The van der Waals surface area contributed by atoms with Crippen molar-refractivity contribution >= 4 is 31.5 Å². The van der Waals surface area contributed by atoms with E-state index in [1.54, 1.807) is 11.3 Å². The molecule has 0 aliphatic carbocycles. The van der Waals surface area contributed by atoms with Crippen LogP contribution in [0.4, 0.5) is 0 Å². The number of aryl methyl sites for hydroxylation is 1. The number of H-pyrrole nitrogens is 1. The molecule has 0 radical (unpaired) electrons. The van der Waals surface area contributed by atoms with Crippen molar-refractivity contribution in [2.45, 2.75) is 6.92 Å². The molecule has 0 unspecified atom stereocenters. The lowest BCUT2D eigenvalue weighted by Gasteiger charge is -1.92. The van der Waals surface area contributed by atoms with E-state index in [0.717, 1.165) is 25.9 Å². The smallest absolute Gasteiger partial charge is 0.267 e. The fourth-order valence-electron chi connectivity index (χ4n) is 1.77. The molecule has 0 fully saturated rings. The number of nitrogens with zero attached hydrogens (tertiary/aromatic N) is 1. The lowest BCUT2D eigenvalue weighted by Crippen LogP contribution is -2.08. The fourth-order valence-corrected chi connectivity index (χ4v) is 2.91. The third-order valence-corrected chi connectivity index (χ3v) is 3.76.